The lowest BCUT2D eigenvalue weighted by Crippen LogP contribution is -1.97. The molecule has 0 fully saturated rings. The molecule has 19 rings (SSSR count). The number of nitrogens with zero attached hydrogens (tertiary/aromatic N) is 20. The third-order valence-electron chi connectivity index (χ3n) is 18.3. The van der Waals surface area contributed by atoms with Gasteiger partial charge in [-0.05, 0) is 203 Å². The molecule has 17 aromatic heterocycles. The molecule has 0 radical (unpaired) electrons. The van der Waals surface area contributed by atoms with Crippen molar-refractivity contribution in [3.8, 4) is 113 Å². The third kappa shape index (κ3) is 12.3. The topological polar surface area (TPSA) is 289 Å². The van der Waals surface area contributed by atoms with Crippen molar-refractivity contribution in [2.24, 2.45) is 0 Å². The number of aromatic amines is 2. The van der Waals surface area contributed by atoms with Crippen molar-refractivity contribution in [2.45, 2.75) is 0 Å². The number of rotatable bonds is 14. The van der Waals surface area contributed by atoms with Gasteiger partial charge in [0, 0.05) is 131 Å². The molecule has 0 aromatic carbocycles. The molecule has 0 aliphatic carbocycles. The minimum atomic E-state index is 0.268. The molecule has 8 bridgehead atoms. The second-order valence-electron chi connectivity index (χ2n) is 25.0. The number of fused-ring (bicyclic) bond motifs is 8. The predicted molar refractivity (Wildman–Crippen MR) is 411 cm³/mol. The molecular formula is C86H52N22. The summed E-state index contributed by atoms with van der Waals surface area (Å²) >= 11 is 0. The first kappa shape index (κ1) is 63.4. The Labute approximate surface area is 615 Å². The molecule has 0 unspecified atom stereocenters. The van der Waals surface area contributed by atoms with Crippen molar-refractivity contribution < 1.29 is 0 Å². The van der Waals surface area contributed by atoms with E-state index in [1.807, 2.05) is 225 Å². The van der Waals surface area contributed by atoms with Crippen molar-refractivity contribution >= 4 is 44.9 Å². The molecule has 19 heterocycles. The molecule has 22 nitrogen and oxygen atoms in total. The number of hydrogen-bond acceptors (Lipinski definition) is 20. The smallest absolute Gasteiger partial charge is 0.165 e. The van der Waals surface area contributed by atoms with Gasteiger partial charge in [-0.3, -0.25) is 69.8 Å². The fraction of sp³-hybridized carbons (Fsp3) is 0. The van der Waals surface area contributed by atoms with E-state index in [0.29, 0.717) is 180 Å². The first-order valence-corrected chi connectivity index (χ1v) is 34.4. The van der Waals surface area contributed by atoms with Crippen LogP contribution in [0.4, 0.5) is 0 Å². The summed E-state index contributed by atoms with van der Waals surface area (Å²) in [7, 11) is 0. The van der Waals surface area contributed by atoms with Crippen LogP contribution in [-0.4, -0.2) is 110 Å². The quantitative estimate of drug-likeness (QED) is 0.102. The van der Waals surface area contributed by atoms with Crippen molar-refractivity contribution in [3.63, 3.8) is 0 Å². The van der Waals surface area contributed by atoms with Crippen LogP contribution in [-0.2, 0) is 0 Å². The van der Waals surface area contributed by atoms with E-state index in [9.17, 15) is 0 Å². The minimum Gasteiger partial charge on any atom is -0.324 e. The average molecular weight is 1390 g/mol. The zero-order valence-electron chi connectivity index (χ0n) is 56.8. The Hall–Kier alpha value is -15.6. The monoisotopic (exact) mass is 1390 g/mol. The summed E-state index contributed by atoms with van der Waals surface area (Å²) in [6, 6.07) is 69.8. The molecule has 2 aliphatic rings. The van der Waals surface area contributed by atoms with Gasteiger partial charge < -0.3 is 9.97 Å². The number of pyridine rings is 14. The lowest BCUT2D eigenvalue weighted by Gasteiger charge is -2.11. The van der Waals surface area contributed by atoms with E-state index in [1.54, 1.807) is 80.6 Å². The van der Waals surface area contributed by atoms with E-state index < -0.39 is 0 Å². The molecule has 0 amide bonds. The van der Waals surface area contributed by atoms with Crippen LogP contribution in [0.25, 0.3) is 158 Å². The van der Waals surface area contributed by atoms with Crippen LogP contribution >= 0.6 is 0 Å². The van der Waals surface area contributed by atoms with Gasteiger partial charge in [-0.15, -0.1) is 0 Å². The summed E-state index contributed by atoms with van der Waals surface area (Å²) in [6.45, 7) is 0. The van der Waals surface area contributed by atoms with Crippen LogP contribution in [0, 0.1) is 0 Å². The van der Waals surface area contributed by atoms with E-state index in [2.05, 4.69) is 9.97 Å². The van der Waals surface area contributed by atoms with Crippen LogP contribution in [0.15, 0.2) is 305 Å². The largest absolute Gasteiger partial charge is 0.324 e. The molecule has 22 heteroatoms. The van der Waals surface area contributed by atoms with Crippen molar-refractivity contribution in [1.82, 2.24) is 110 Å². The van der Waals surface area contributed by atoms with Crippen LogP contribution in [0.5, 0.6) is 0 Å². The Bertz CT molecular complexity index is 6530. The standard InChI is InChI=1S/C86H52N22/c1-8-30-87-59(15-1)66-23-22-57(50-100-66)79-78(56-29-42-99-72(48-56)65-21-7-14-36-93-65)85-106-83-75(53-26-39-96-69(45-53)62-18-4-11-33-90-62)74(52-25-38-95-68(44-52)61-17-3-10-32-89-61)81(104-83)102-73-49-58(51-24-37-94-67(43-51)60-16-2-9-31-88-60)80(101-73)103-82-76(54-27-40-97-70(46-54)63-19-5-12-34-91-63)77(84(105-82)107-86(79)108-85)55-28-41-98-71(47-55)64-20-6-13-35-92-64/h1-50H,(H2,101,102,103,104,105,106,107,108). The second-order valence-corrected chi connectivity index (χ2v) is 25.0. The normalized spacial score (nSPS) is 12.0. The van der Waals surface area contributed by atoms with Gasteiger partial charge in [-0.25, -0.2) is 29.9 Å². The maximum absolute atomic E-state index is 5.88. The first-order chi connectivity index (χ1) is 53.5. The van der Waals surface area contributed by atoms with Crippen LogP contribution in [0.2, 0.25) is 0 Å². The summed E-state index contributed by atoms with van der Waals surface area (Å²) < 4.78 is 0. The highest BCUT2D eigenvalue weighted by molar-refractivity contribution is 6.08. The molecule has 0 saturated heterocycles. The number of H-pyrrole nitrogens is 2. The number of hydrogen-bond donors (Lipinski definition) is 2. The fourth-order valence-corrected chi connectivity index (χ4v) is 13.4. The van der Waals surface area contributed by atoms with Gasteiger partial charge in [0.15, 0.2) is 23.3 Å². The SMILES string of the molecule is c1ccc(-c2ccc(-c3c(-c4ccnc(-c5ccccn5)c4)c4nc5nc(nc6cc(-c7ccnc(-c8ccccn8)c7)c(nc7nc(nc3[nH]4)C(c3ccnc(-c4ccccn4)c3)=C7c3ccnc(-c4ccccn4)c3)[nH]6)C(c3ccnc(-c4ccccn4)c3)=C5c3ccnc(-c4ccccn4)c3)cn2)nc1. The van der Waals surface area contributed by atoms with Gasteiger partial charge in [0.25, 0.3) is 0 Å². The molecule has 17 aromatic rings. The Morgan fingerprint density at radius 3 is 0.815 bits per heavy atom. The van der Waals surface area contributed by atoms with E-state index in [0.717, 1.165) is 5.56 Å². The summed E-state index contributed by atoms with van der Waals surface area (Å²) in [6.07, 6.45) is 24.7. The number of nitrogens with one attached hydrogen (secondary N) is 2. The maximum atomic E-state index is 5.88. The summed E-state index contributed by atoms with van der Waals surface area (Å²) in [5.74, 6) is 1.11. The highest BCUT2D eigenvalue weighted by Gasteiger charge is 2.32. The lowest BCUT2D eigenvalue weighted by molar-refractivity contribution is 1.10. The summed E-state index contributed by atoms with van der Waals surface area (Å²) in [5, 5.41) is 0. The van der Waals surface area contributed by atoms with E-state index >= 15 is 0 Å². The van der Waals surface area contributed by atoms with Gasteiger partial charge in [0.2, 0.25) is 0 Å². The van der Waals surface area contributed by atoms with Crippen molar-refractivity contribution in [3.05, 3.63) is 351 Å². The van der Waals surface area contributed by atoms with Gasteiger partial charge in [-0.1, -0.05) is 48.5 Å². The highest BCUT2D eigenvalue weighted by Crippen LogP contribution is 2.45. The molecule has 506 valence electrons. The van der Waals surface area contributed by atoms with Gasteiger partial charge in [-0.2, -0.15) is 0 Å². The van der Waals surface area contributed by atoms with Crippen molar-refractivity contribution in [1.29, 1.82) is 0 Å². The van der Waals surface area contributed by atoms with Crippen LogP contribution in [0.1, 0.15) is 45.6 Å². The first-order valence-electron chi connectivity index (χ1n) is 34.4. The van der Waals surface area contributed by atoms with Crippen LogP contribution in [0.3, 0.4) is 0 Å². The van der Waals surface area contributed by atoms with Gasteiger partial charge >= 0.3 is 0 Å². The fourth-order valence-electron chi connectivity index (χ4n) is 13.4. The zero-order valence-corrected chi connectivity index (χ0v) is 56.8. The molecule has 2 N–H and O–H groups in total. The Kier molecular flexibility index (Phi) is 16.2. The molecular weight excluding hydrogens is 1340 g/mol. The van der Waals surface area contributed by atoms with E-state index in [1.165, 1.54) is 0 Å². The Balaban J connectivity index is 0.992. The van der Waals surface area contributed by atoms with Crippen LogP contribution < -0.4 is 0 Å². The average Bonchev–Trinajstić information content (AvgIpc) is 1.58. The van der Waals surface area contributed by atoms with Gasteiger partial charge in [0.1, 0.15) is 22.6 Å². The summed E-state index contributed by atoms with van der Waals surface area (Å²) in [5.41, 5.74) is 19.6. The lowest BCUT2D eigenvalue weighted by atomic mass is 9.94. The Morgan fingerprint density at radius 2 is 0.472 bits per heavy atom. The summed E-state index contributed by atoms with van der Waals surface area (Å²) in [4.78, 5) is 110. The molecule has 108 heavy (non-hydrogen) atoms. The predicted octanol–water partition coefficient (Wildman–Crippen LogP) is 16.1. The second kappa shape index (κ2) is 27.6. The number of aromatic nitrogens is 22. The highest BCUT2D eigenvalue weighted by atomic mass is 15.1. The van der Waals surface area contributed by atoms with E-state index in [4.69, 9.17) is 99.7 Å². The minimum absolute atomic E-state index is 0.268. The maximum Gasteiger partial charge on any atom is 0.165 e. The third-order valence-corrected chi connectivity index (χ3v) is 18.3. The molecule has 0 spiro atoms. The van der Waals surface area contributed by atoms with E-state index in [-0.39, 0.29) is 17.5 Å². The zero-order chi connectivity index (χ0) is 71.7. The molecule has 0 atom stereocenters. The van der Waals surface area contributed by atoms with Gasteiger partial charge in [0.05, 0.1) is 79.7 Å². The molecule has 2 aliphatic heterocycles. The Morgan fingerprint density at radius 1 is 0.185 bits per heavy atom. The molecule has 0 saturated carbocycles. The van der Waals surface area contributed by atoms with Crippen molar-refractivity contribution in [2.75, 3.05) is 0 Å².